The predicted octanol–water partition coefficient (Wildman–Crippen LogP) is 2.94. The minimum Gasteiger partial charge on any atom is -0.493 e. The van der Waals surface area contributed by atoms with Crippen LogP contribution in [0.5, 0.6) is 5.75 Å². The third-order valence-corrected chi connectivity index (χ3v) is 3.73. The van der Waals surface area contributed by atoms with E-state index in [1.807, 2.05) is 0 Å². The van der Waals surface area contributed by atoms with E-state index < -0.39 is 0 Å². The molecule has 1 rings (SSSR count). The number of hydrogen-bond acceptors (Lipinski definition) is 3. The third kappa shape index (κ3) is 6.82. The summed E-state index contributed by atoms with van der Waals surface area (Å²) in [6.45, 7) is 5.22. The Morgan fingerprint density at radius 1 is 1.33 bits per heavy atom. The lowest BCUT2D eigenvalue weighted by Gasteiger charge is -2.21. The fraction of sp³-hybridized carbons (Fsp3) is 0.562. The van der Waals surface area contributed by atoms with Crippen molar-refractivity contribution in [3.05, 3.63) is 29.3 Å². The van der Waals surface area contributed by atoms with Gasteiger partial charge in [-0.3, -0.25) is 4.79 Å². The molecule has 0 aromatic heterocycles. The van der Waals surface area contributed by atoms with Gasteiger partial charge < -0.3 is 15.4 Å². The van der Waals surface area contributed by atoms with Crippen LogP contribution in [-0.4, -0.2) is 37.0 Å². The lowest BCUT2D eigenvalue weighted by molar-refractivity contribution is -0.130. The second kappa shape index (κ2) is 8.90. The molecule has 0 saturated carbocycles. The highest BCUT2D eigenvalue weighted by atomic mass is 35.5. The summed E-state index contributed by atoms with van der Waals surface area (Å²) in [5.41, 5.74) is 5.98. The molecule has 0 aliphatic heterocycles. The predicted molar refractivity (Wildman–Crippen MR) is 86.6 cm³/mol. The van der Waals surface area contributed by atoms with Gasteiger partial charge in [-0.25, -0.2) is 0 Å². The van der Waals surface area contributed by atoms with Crippen LogP contribution < -0.4 is 10.5 Å². The molecule has 0 heterocycles. The van der Waals surface area contributed by atoms with Crippen molar-refractivity contribution < 1.29 is 9.53 Å². The molecule has 0 fully saturated rings. The number of nitrogens with zero attached hydrogens (tertiary/aromatic N) is 1. The van der Waals surface area contributed by atoms with Crippen molar-refractivity contribution in [1.29, 1.82) is 0 Å². The van der Waals surface area contributed by atoms with E-state index in [1.165, 1.54) is 0 Å². The minimum atomic E-state index is 0.0694. The molecule has 1 amide bonds. The zero-order chi connectivity index (χ0) is 15.8. The number of carbonyl (C=O) groups excluding carboxylic acids is 1. The van der Waals surface area contributed by atoms with E-state index >= 15 is 0 Å². The van der Waals surface area contributed by atoms with Crippen LogP contribution in [0.3, 0.4) is 0 Å². The summed E-state index contributed by atoms with van der Waals surface area (Å²) in [6, 6.07) is 7.23. The standard InChI is InChI=1S/C16H25ClN2O2/c1-12(2)15(18)8-10-19(3)16(20)9-11-21-14-6-4-13(17)5-7-14/h4-7,12,15H,8-11,18H2,1-3H3. The van der Waals surface area contributed by atoms with Crippen molar-refractivity contribution in [3.8, 4) is 5.75 Å². The van der Waals surface area contributed by atoms with Gasteiger partial charge in [0, 0.05) is 24.7 Å². The molecule has 21 heavy (non-hydrogen) atoms. The van der Waals surface area contributed by atoms with Crippen molar-refractivity contribution >= 4 is 17.5 Å². The highest BCUT2D eigenvalue weighted by molar-refractivity contribution is 6.30. The number of benzene rings is 1. The van der Waals surface area contributed by atoms with Crippen molar-refractivity contribution in [1.82, 2.24) is 4.90 Å². The first-order valence-electron chi connectivity index (χ1n) is 7.28. The molecule has 1 aromatic carbocycles. The molecule has 0 radical (unpaired) electrons. The largest absolute Gasteiger partial charge is 0.493 e. The van der Waals surface area contributed by atoms with Crippen molar-refractivity contribution in [2.45, 2.75) is 32.7 Å². The highest BCUT2D eigenvalue weighted by Gasteiger charge is 2.12. The molecule has 0 spiro atoms. The van der Waals surface area contributed by atoms with E-state index in [9.17, 15) is 4.79 Å². The number of nitrogens with two attached hydrogens (primary N) is 1. The normalized spacial score (nSPS) is 12.3. The van der Waals surface area contributed by atoms with Crippen LogP contribution in [0.25, 0.3) is 0 Å². The van der Waals surface area contributed by atoms with Gasteiger partial charge in [0.2, 0.25) is 5.91 Å². The first-order valence-corrected chi connectivity index (χ1v) is 7.66. The van der Waals surface area contributed by atoms with Crippen LogP contribution in [0.2, 0.25) is 5.02 Å². The van der Waals surface area contributed by atoms with E-state index in [0.717, 1.165) is 12.2 Å². The molecule has 2 N–H and O–H groups in total. The summed E-state index contributed by atoms with van der Waals surface area (Å²) in [7, 11) is 1.80. The fourth-order valence-electron chi connectivity index (χ4n) is 1.78. The van der Waals surface area contributed by atoms with E-state index in [-0.39, 0.29) is 11.9 Å². The number of rotatable bonds is 8. The number of halogens is 1. The molecule has 0 saturated heterocycles. The van der Waals surface area contributed by atoms with Crippen LogP contribution in [-0.2, 0) is 4.79 Å². The van der Waals surface area contributed by atoms with Crippen LogP contribution in [0.15, 0.2) is 24.3 Å². The summed E-state index contributed by atoms with van der Waals surface area (Å²) in [5.74, 6) is 1.22. The fourth-order valence-corrected chi connectivity index (χ4v) is 1.90. The first-order chi connectivity index (χ1) is 9.90. The molecule has 1 atom stereocenters. The van der Waals surface area contributed by atoms with Gasteiger partial charge in [-0.15, -0.1) is 0 Å². The summed E-state index contributed by atoms with van der Waals surface area (Å²) in [5, 5.41) is 0.666. The second-order valence-corrected chi connectivity index (χ2v) is 6.00. The molecular formula is C16H25ClN2O2. The maximum absolute atomic E-state index is 12.0. The number of amides is 1. The highest BCUT2D eigenvalue weighted by Crippen LogP contribution is 2.15. The number of carbonyl (C=O) groups is 1. The van der Waals surface area contributed by atoms with Crippen molar-refractivity contribution in [2.75, 3.05) is 20.2 Å². The van der Waals surface area contributed by atoms with Crippen LogP contribution >= 0.6 is 11.6 Å². The van der Waals surface area contributed by atoms with Gasteiger partial charge in [0.25, 0.3) is 0 Å². The van der Waals surface area contributed by atoms with Crippen LogP contribution in [0.1, 0.15) is 26.7 Å². The zero-order valence-corrected chi connectivity index (χ0v) is 13.8. The SMILES string of the molecule is CC(C)C(N)CCN(C)C(=O)CCOc1ccc(Cl)cc1. The molecule has 0 aliphatic carbocycles. The molecule has 0 aliphatic rings. The summed E-state index contributed by atoms with van der Waals surface area (Å²) in [6.07, 6.45) is 1.17. The Morgan fingerprint density at radius 3 is 2.52 bits per heavy atom. The Hall–Kier alpha value is -1.26. The first kappa shape index (κ1) is 17.8. The Bertz CT molecular complexity index is 434. The van der Waals surface area contributed by atoms with E-state index in [1.54, 1.807) is 36.2 Å². The van der Waals surface area contributed by atoms with Crippen LogP contribution in [0, 0.1) is 5.92 Å². The second-order valence-electron chi connectivity index (χ2n) is 5.56. The van der Waals surface area contributed by atoms with Crippen molar-refractivity contribution in [2.24, 2.45) is 11.7 Å². The minimum absolute atomic E-state index is 0.0694. The van der Waals surface area contributed by atoms with E-state index in [0.29, 0.717) is 30.5 Å². The lowest BCUT2D eigenvalue weighted by atomic mass is 10.0. The van der Waals surface area contributed by atoms with Gasteiger partial charge in [0.05, 0.1) is 13.0 Å². The maximum Gasteiger partial charge on any atom is 0.225 e. The average Bonchev–Trinajstić information content (AvgIpc) is 2.46. The van der Waals surface area contributed by atoms with Crippen molar-refractivity contribution in [3.63, 3.8) is 0 Å². The molecule has 0 bridgehead atoms. The Labute approximate surface area is 132 Å². The van der Waals surface area contributed by atoms with Crippen LogP contribution in [0.4, 0.5) is 0 Å². The van der Waals surface area contributed by atoms with Gasteiger partial charge in [-0.05, 0) is 36.6 Å². The molecular weight excluding hydrogens is 288 g/mol. The monoisotopic (exact) mass is 312 g/mol. The number of ether oxygens (including phenoxy) is 1. The number of hydrogen-bond donors (Lipinski definition) is 1. The van der Waals surface area contributed by atoms with Gasteiger partial charge in [0.1, 0.15) is 5.75 Å². The Kier molecular flexibility index (Phi) is 7.54. The molecule has 4 nitrogen and oxygen atoms in total. The summed E-state index contributed by atoms with van der Waals surface area (Å²) < 4.78 is 5.51. The molecule has 5 heteroatoms. The van der Waals surface area contributed by atoms with E-state index in [4.69, 9.17) is 22.1 Å². The maximum atomic E-state index is 12.0. The molecule has 118 valence electrons. The Morgan fingerprint density at radius 2 is 1.95 bits per heavy atom. The molecule has 1 aromatic rings. The Balaban J connectivity index is 2.25. The summed E-state index contributed by atoms with van der Waals surface area (Å²) in [4.78, 5) is 13.7. The molecule has 1 unspecified atom stereocenters. The quantitative estimate of drug-likeness (QED) is 0.803. The van der Waals surface area contributed by atoms with Gasteiger partial charge >= 0.3 is 0 Å². The van der Waals surface area contributed by atoms with Gasteiger partial charge in [-0.1, -0.05) is 25.4 Å². The average molecular weight is 313 g/mol. The third-order valence-electron chi connectivity index (χ3n) is 3.48. The smallest absolute Gasteiger partial charge is 0.225 e. The summed E-state index contributed by atoms with van der Waals surface area (Å²) >= 11 is 5.79. The van der Waals surface area contributed by atoms with Gasteiger partial charge in [-0.2, -0.15) is 0 Å². The topological polar surface area (TPSA) is 55.6 Å². The van der Waals surface area contributed by atoms with Gasteiger partial charge in [0.15, 0.2) is 0 Å². The lowest BCUT2D eigenvalue weighted by Crippen LogP contribution is -2.35. The van der Waals surface area contributed by atoms with E-state index in [2.05, 4.69) is 13.8 Å². The zero-order valence-electron chi connectivity index (χ0n) is 13.0.